The number of rotatable bonds is 3. The lowest BCUT2D eigenvalue weighted by Crippen LogP contribution is -2.19. The predicted molar refractivity (Wildman–Crippen MR) is 84.1 cm³/mol. The smallest absolute Gasteiger partial charge is 0.270 e. The SMILES string of the molecule is O=C(C=Cc1ccc([N+](=O)[O-])cc1)N=C1C(=O)C=Cc2n[nH]nc21. The number of carbonyl (C=O) groups excluding carboxylic acids is 2. The average molecular weight is 323 g/mol. The van der Waals surface area contributed by atoms with Crippen LogP contribution in [0.15, 0.2) is 41.4 Å². The number of H-pyrrole nitrogens is 1. The van der Waals surface area contributed by atoms with Gasteiger partial charge in [0.15, 0.2) is 0 Å². The van der Waals surface area contributed by atoms with Crippen LogP contribution in [-0.4, -0.2) is 37.7 Å². The fourth-order valence-corrected chi connectivity index (χ4v) is 2.01. The number of fused-ring (bicyclic) bond motifs is 1. The number of aromatic amines is 1. The number of aliphatic imine (C=N–C) groups is 1. The lowest BCUT2D eigenvalue weighted by molar-refractivity contribution is -0.384. The molecule has 0 aliphatic heterocycles. The molecule has 2 aromatic rings. The quantitative estimate of drug-likeness (QED) is 0.515. The second-order valence-electron chi connectivity index (χ2n) is 4.74. The Morgan fingerprint density at radius 3 is 2.67 bits per heavy atom. The number of nitro groups is 1. The number of hydrogen-bond acceptors (Lipinski definition) is 6. The number of nitrogens with zero attached hydrogens (tertiary/aromatic N) is 4. The van der Waals surface area contributed by atoms with Crippen molar-refractivity contribution in [1.29, 1.82) is 0 Å². The van der Waals surface area contributed by atoms with Crippen LogP contribution in [0.2, 0.25) is 0 Å². The average Bonchev–Trinajstić information content (AvgIpc) is 3.05. The first-order chi connectivity index (χ1) is 11.5. The van der Waals surface area contributed by atoms with Gasteiger partial charge < -0.3 is 0 Å². The normalized spacial score (nSPS) is 15.0. The number of hydrogen-bond donors (Lipinski definition) is 1. The maximum absolute atomic E-state index is 11.9. The van der Waals surface area contributed by atoms with Gasteiger partial charge >= 0.3 is 0 Å². The molecule has 0 atom stereocenters. The summed E-state index contributed by atoms with van der Waals surface area (Å²) < 4.78 is 0. The predicted octanol–water partition coefficient (Wildman–Crippen LogP) is 1.34. The van der Waals surface area contributed by atoms with Crippen LogP contribution in [0, 0.1) is 10.1 Å². The van der Waals surface area contributed by atoms with Crippen molar-refractivity contribution >= 4 is 35.2 Å². The molecule has 1 heterocycles. The number of non-ortho nitro benzene ring substituents is 1. The van der Waals surface area contributed by atoms with Crippen LogP contribution in [0.25, 0.3) is 12.2 Å². The second-order valence-corrected chi connectivity index (χ2v) is 4.74. The zero-order valence-electron chi connectivity index (χ0n) is 12.0. The molecule has 0 radical (unpaired) electrons. The molecule has 9 heteroatoms. The van der Waals surface area contributed by atoms with Crippen molar-refractivity contribution in [1.82, 2.24) is 15.4 Å². The first-order valence-electron chi connectivity index (χ1n) is 6.73. The molecular weight excluding hydrogens is 314 g/mol. The molecule has 9 nitrogen and oxygen atoms in total. The fourth-order valence-electron chi connectivity index (χ4n) is 2.01. The Hall–Kier alpha value is -3.75. The fraction of sp³-hybridized carbons (Fsp3) is 0. The van der Waals surface area contributed by atoms with Gasteiger partial charge in [-0.3, -0.25) is 19.7 Å². The minimum Gasteiger partial charge on any atom is -0.287 e. The number of benzene rings is 1. The van der Waals surface area contributed by atoms with Crippen molar-refractivity contribution in [2.24, 2.45) is 4.99 Å². The van der Waals surface area contributed by atoms with Gasteiger partial charge in [-0.15, -0.1) is 0 Å². The minimum absolute atomic E-state index is 0.0446. The topological polar surface area (TPSA) is 131 Å². The van der Waals surface area contributed by atoms with Gasteiger partial charge in [0.1, 0.15) is 17.1 Å². The number of amides is 1. The maximum atomic E-state index is 11.9. The number of ketones is 1. The van der Waals surface area contributed by atoms with Gasteiger partial charge in [0, 0.05) is 18.2 Å². The van der Waals surface area contributed by atoms with E-state index in [1.807, 2.05) is 0 Å². The minimum atomic E-state index is -0.652. The number of nitrogens with one attached hydrogen (secondary N) is 1. The van der Waals surface area contributed by atoms with E-state index in [-0.39, 0.29) is 17.1 Å². The van der Waals surface area contributed by atoms with Gasteiger partial charge in [0.25, 0.3) is 11.6 Å². The van der Waals surface area contributed by atoms with E-state index in [2.05, 4.69) is 20.4 Å². The van der Waals surface area contributed by atoms with Crippen LogP contribution in [0.5, 0.6) is 0 Å². The third-order valence-electron chi connectivity index (χ3n) is 3.17. The van der Waals surface area contributed by atoms with E-state index in [0.29, 0.717) is 11.3 Å². The largest absolute Gasteiger partial charge is 0.287 e. The zero-order valence-corrected chi connectivity index (χ0v) is 12.0. The maximum Gasteiger partial charge on any atom is 0.270 e. The summed E-state index contributed by atoms with van der Waals surface area (Å²) in [4.78, 5) is 37.6. The summed E-state index contributed by atoms with van der Waals surface area (Å²) in [6.45, 7) is 0. The van der Waals surface area contributed by atoms with Gasteiger partial charge in [0.2, 0.25) is 5.78 Å². The molecule has 1 aliphatic carbocycles. The Morgan fingerprint density at radius 2 is 1.96 bits per heavy atom. The molecule has 118 valence electrons. The molecule has 1 aromatic heterocycles. The summed E-state index contributed by atoms with van der Waals surface area (Å²) in [5.74, 6) is -1.09. The summed E-state index contributed by atoms with van der Waals surface area (Å²) in [7, 11) is 0. The van der Waals surface area contributed by atoms with Gasteiger partial charge in [0.05, 0.1) is 4.92 Å². The van der Waals surface area contributed by atoms with Crippen LogP contribution in [0.4, 0.5) is 5.69 Å². The standard InChI is InChI=1S/C15H9N5O4/c21-12-7-6-11-14(18-19-17-11)15(12)16-13(22)8-3-9-1-4-10(5-2-9)20(23)24/h1-8H,(H,17,18,19). The molecule has 24 heavy (non-hydrogen) atoms. The molecule has 0 spiro atoms. The van der Waals surface area contributed by atoms with Crippen molar-refractivity contribution < 1.29 is 14.5 Å². The summed E-state index contributed by atoms with van der Waals surface area (Å²) in [6, 6.07) is 5.65. The highest BCUT2D eigenvalue weighted by atomic mass is 16.6. The molecule has 3 rings (SSSR count). The van der Waals surface area contributed by atoms with Crippen LogP contribution < -0.4 is 0 Å². The third kappa shape index (κ3) is 3.04. The van der Waals surface area contributed by atoms with Crippen molar-refractivity contribution in [3.05, 3.63) is 63.5 Å². The Balaban J connectivity index is 1.79. The van der Waals surface area contributed by atoms with E-state index in [1.54, 1.807) is 0 Å². The summed E-state index contributed by atoms with van der Waals surface area (Å²) >= 11 is 0. The van der Waals surface area contributed by atoms with E-state index in [1.165, 1.54) is 48.6 Å². The van der Waals surface area contributed by atoms with Crippen molar-refractivity contribution in [3.8, 4) is 0 Å². The third-order valence-corrected chi connectivity index (χ3v) is 3.17. The molecule has 0 unspecified atom stereocenters. The number of allylic oxidation sites excluding steroid dienone is 1. The molecule has 1 aromatic carbocycles. The lowest BCUT2D eigenvalue weighted by atomic mass is 10.0. The Kier molecular flexibility index (Phi) is 3.89. The summed E-state index contributed by atoms with van der Waals surface area (Å²) in [6.07, 6.45) is 5.36. The van der Waals surface area contributed by atoms with Gasteiger partial charge in [-0.1, -0.05) is 0 Å². The molecule has 1 N–H and O–H groups in total. The molecule has 1 aliphatic rings. The van der Waals surface area contributed by atoms with Crippen molar-refractivity contribution in [2.45, 2.75) is 0 Å². The molecular formula is C15H9N5O4. The van der Waals surface area contributed by atoms with E-state index in [9.17, 15) is 19.7 Å². The first kappa shape index (κ1) is 15.2. The van der Waals surface area contributed by atoms with E-state index >= 15 is 0 Å². The Labute approximate surface area is 134 Å². The van der Waals surface area contributed by atoms with E-state index in [0.717, 1.165) is 0 Å². The summed E-state index contributed by atoms with van der Waals surface area (Å²) in [5.41, 5.74) is 1.11. The van der Waals surface area contributed by atoms with Crippen LogP contribution >= 0.6 is 0 Å². The highest BCUT2D eigenvalue weighted by Crippen LogP contribution is 2.14. The first-order valence-corrected chi connectivity index (χ1v) is 6.73. The second kappa shape index (κ2) is 6.16. The number of nitro benzene ring substituents is 1. The van der Waals surface area contributed by atoms with Crippen LogP contribution in [-0.2, 0) is 9.59 Å². The van der Waals surface area contributed by atoms with Crippen LogP contribution in [0.3, 0.4) is 0 Å². The molecule has 1 amide bonds. The highest BCUT2D eigenvalue weighted by molar-refractivity contribution is 6.52. The van der Waals surface area contributed by atoms with E-state index < -0.39 is 16.6 Å². The van der Waals surface area contributed by atoms with Gasteiger partial charge in [-0.25, -0.2) is 4.99 Å². The molecule has 0 fully saturated rings. The monoisotopic (exact) mass is 323 g/mol. The van der Waals surface area contributed by atoms with Crippen LogP contribution in [0.1, 0.15) is 17.0 Å². The zero-order chi connectivity index (χ0) is 17.1. The van der Waals surface area contributed by atoms with Gasteiger partial charge in [-0.05, 0) is 35.9 Å². The molecule has 0 bridgehead atoms. The summed E-state index contributed by atoms with van der Waals surface area (Å²) in [5, 5.41) is 20.6. The highest BCUT2D eigenvalue weighted by Gasteiger charge is 2.23. The Morgan fingerprint density at radius 1 is 1.21 bits per heavy atom. The molecule has 0 saturated carbocycles. The van der Waals surface area contributed by atoms with Crippen molar-refractivity contribution in [2.75, 3.05) is 0 Å². The molecule has 0 saturated heterocycles. The van der Waals surface area contributed by atoms with Crippen molar-refractivity contribution in [3.63, 3.8) is 0 Å². The number of carbonyl (C=O) groups is 2. The lowest BCUT2D eigenvalue weighted by Gasteiger charge is -2.03. The van der Waals surface area contributed by atoms with E-state index in [4.69, 9.17) is 0 Å². The van der Waals surface area contributed by atoms with Gasteiger partial charge in [-0.2, -0.15) is 15.4 Å². The Bertz CT molecular complexity index is 922. The number of aromatic nitrogens is 3.